The van der Waals surface area contributed by atoms with Gasteiger partial charge in [-0.05, 0) is 26.1 Å². The maximum atomic E-state index is 12.1. The van der Waals surface area contributed by atoms with Gasteiger partial charge in [0.1, 0.15) is 5.82 Å². The Morgan fingerprint density at radius 3 is 2.81 bits per heavy atom. The summed E-state index contributed by atoms with van der Waals surface area (Å²) in [4.78, 5) is 5.87. The first-order valence-electron chi connectivity index (χ1n) is 5.28. The molecular formula is C11H17F2N3. The van der Waals surface area contributed by atoms with E-state index >= 15 is 0 Å². The number of nitrogens with zero attached hydrogens (tertiary/aromatic N) is 2. The fraction of sp³-hybridized carbons (Fsp3) is 0.545. The van der Waals surface area contributed by atoms with Crippen LogP contribution in [-0.4, -0.2) is 36.4 Å². The summed E-state index contributed by atoms with van der Waals surface area (Å²) in [5, 5.41) is 3.08. The number of nitrogens with one attached hydrogen (secondary N) is 1. The van der Waals surface area contributed by atoms with E-state index in [2.05, 4.69) is 10.3 Å². The van der Waals surface area contributed by atoms with E-state index in [9.17, 15) is 8.78 Å². The van der Waals surface area contributed by atoms with Gasteiger partial charge in [0.2, 0.25) is 0 Å². The molecule has 5 heteroatoms. The van der Waals surface area contributed by atoms with Gasteiger partial charge in [-0.15, -0.1) is 0 Å². The molecule has 0 aliphatic carbocycles. The first-order valence-corrected chi connectivity index (χ1v) is 5.28. The Kier molecular flexibility index (Phi) is 5.11. The van der Waals surface area contributed by atoms with Crippen LogP contribution in [0.2, 0.25) is 0 Å². The number of hydrogen-bond donors (Lipinski definition) is 1. The highest BCUT2D eigenvalue weighted by Crippen LogP contribution is 2.07. The molecule has 0 unspecified atom stereocenters. The summed E-state index contributed by atoms with van der Waals surface area (Å²) in [6, 6.07) is 5.57. The molecular weight excluding hydrogens is 212 g/mol. The molecule has 16 heavy (non-hydrogen) atoms. The van der Waals surface area contributed by atoms with E-state index in [1.54, 1.807) is 11.9 Å². The van der Waals surface area contributed by atoms with Crippen LogP contribution in [0.5, 0.6) is 0 Å². The van der Waals surface area contributed by atoms with Crippen molar-refractivity contribution in [2.75, 3.05) is 25.5 Å². The Labute approximate surface area is 94.5 Å². The molecule has 0 atom stereocenters. The van der Waals surface area contributed by atoms with Crippen molar-refractivity contribution in [3.8, 4) is 0 Å². The van der Waals surface area contributed by atoms with E-state index in [4.69, 9.17) is 0 Å². The number of alkyl halides is 2. The molecule has 0 spiro atoms. The van der Waals surface area contributed by atoms with Crippen LogP contribution in [-0.2, 0) is 6.54 Å². The zero-order valence-electron chi connectivity index (χ0n) is 9.58. The van der Waals surface area contributed by atoms with E-state index in [1.807, 2.05) is 25.1 Å². The van der Waals surface area contributed by atoms with Crippen LogP contribution in [0.4, 0.5) is 14.6 Å². The van der Waals surface area contributed by atoms with Crippen LogP contribution < -0.4 is 5.32 Å². The van der Waals surface area contributed by atoms with Gasteiger partial charge in [-0.1, -0.05) is 6.07 Å². The van der Waals surface area contributed by atoms with Gasteiger partial charge >= 0.3 is 0 Å². The van der Waals surface area contributed by atoms with Crippen molar-refractivity contribution in [1.29, 1.82) is 0 Å². The van der Waals surface area contributed by atoms with Gasteiger partial charge in [-0.3, -0.25) is 4.90 Å². The highest BCUT2D eigenvalue weighted by molar-refractivity contribution is 5.34. The lowest BCUT2D eigenvalue weighted by molar-refractivity contribution is 0.0971. The SMILES string of the molecule is CCNc1cccc(CN(C)CC(F)F)n1. The third kappa shape index (κ3) is 4.53. The molecule has 0 saturated carbocycles. The average molecular weight is 229 g/mol. The summed E-state index contributed by atoms with van der Waals surface area (Å²) >= 11 is 0. The minimum atomic E-state index is -2.30. The van der Waals surface area contributed by atoms with Crippen molar-refractivity contribution >= 4 is 5.82 Å². The molecule has 0 bridgehead atoms. The van der Waals surface area contributed by atoms with E-state index < -0.39 is 6.43 Å². The summed E-state index contributed by atoms with van der Waals surface area (Å²) in [6.07, 6.45) is -2.30. The molecule has 0 aromatic carbocycles. The van der Waals surface area contributed by atoms with Gasteiger partial charge < -0.3 is 5.32 Å². The van der Waals surface area contributed by atoms with E-state index in [0.717, 1.165) is 18.1 Å². The van der Waals surface area contributed by atoms with Crippen LogP contribution in [0.3, 0.4) is 0 Å². The van der Waals surface area contributed by atoms with E-state index in [-0.39, 0.29) is 6.54 Å². The minimum Gasteiger partial charge on any atom is -0.370 e. The van der Waals surface area contributed by atoms with E-state index in [1.165, 1.54) is 0 Å². The monoisotopic (exact) mass is 229 g/mol. The number of pyridine rings is 1. The maximum Gasteiger partial charge on any atom is 0.251 e. The maximum absolute atomic E-state index is 12.1. The van der Waals surface area contributed by atoms with Gasteiger partial charge in [0.05, 0.1) is 12.2 Å². The lowest BCUT2D eigenvalue weighted by Crippen LogP contribution is -2.24. The van der Waals surface area contributed by atoms with Crippen LogP contribution in [0, 0.1) is 0 Å². The Morgan fingerprint density at radius 1 is 1.44 bits per heavy atom. The Hall–Kier alpha value is -1.23. The van der Waals surface area contributed by atoms with Crippen molar-refractivity contribution < 1.29 is 8.78 Å². The number of rotatable bonds is 6. The standard InChI is InChI=1S/C11H17F2N3/c1-3-14-11-6-4-5-9(15-11)7-16(2)8-10(12)13/h4-6,10H,3,7-8H2,1-2H3,(H,14,15). The molecule has 0 fully saturated rings. The van der Waals surface area contributed by atoms with Crippen molar-refractivity contribution in [3.05, 3.63) is 23.9 Å². The number of anilines is 1. The quantitative estimate of drug-likeness (QED) is 0.810. The predicted molar refractivity (Wildman–Crippen MR) is 60.7 cm³/mol. The third-order valence-corrected chi connectivity index (χ3v) is 2.05. The zero-order valence-corrected chi connectivity index (χ0v) is 9.58. The van der Waals surface area contributed by atoms with Gasteiger partial charge in [0.15, 0.2) is 0 Å². The fourth-order valence-electron chi connectivity index (χ4n) is 1.42. The molecule has 0 saturated heterocycles. The topological polar surface area (TPSA) is 28.2 Å². The molecule has 0 aliphatic rings. The highest BCUT2D eigenvalue weighted by atomic mass is 19.3. The zero-order chi connectivity index (χ0) is 12.0. The van der Waals surface area contributed by atoms with Gasteiger partial charge in [-0.25, -0.2) is 13.8 Å². The molecule has 1 aromatic heterocycles. The largest absolute Gasteiger partial charge is 0.370 e. The molecule has 0 aliphatic heterocycles. The van der Waals surface area contributed by atoms with Crippen molar-refractivity contribution in [3.63, 3.8) is 0 Å². The van der Waals surface area contributed by atoms with Crippen molar-refractivity contribution in [2.45, 2.75) is 19.9 Å². The summed E-state index contributed by atoms with van der Waals surface area (Å²) in [6.45, 7) is 2.98. The molecule has 1 rings (SSSR count). The smallest absolute Gasteiger partial charge is 0.251 e. The lowest BCUT2D eigenvalue weighted by Gasteiger charge is -2.15. The van der Waals surface area contributed by atoms with Gasteiger partial charge in [-0.2, -0.15) is 0 Å². The second-order valence-corrected chi connectivity index (χ2v) is 3.63. The first kappa shape index (κ1) is 12.8. The number of aromatic nitrogens is 1. The normalized spacial score (nSPS) is 11.1. The Bertz CT molecular complexity index is 318. The Balaban J connectivity index is 2.55. The number of hydrogen-bond acceptors (Lipinski definition) is 3. The minimum absolute atomic E-state index is 0.229. The van der Waals surface area contributed by atoms with Crippen LogP contribution in [0.15, 0.2) is 18.2 Å². The highest BCUT2D eigenvalue weighted by Gasteiger charge is 2.08. The van der Waals surface area contributed by atoms with E-state index in [0.29, 0.717) is 6.54 Å². The summed E-state index contributed by atoms with van der Waals surface area (Å²) in [7, 11) is 1.66. The van der Waals surface area contributed by atoms with Crippen molar-refractivity contribution in [2.24, 2.45) is 0 Å². The van der Waals surface area contributed by atoms with Crippen molar-refractivity contribution in [1.82, 2.24) is 9.88 Å². The third-order valence-electron chi connectivity index (χ3n) is 2.05. The molecule has 1 heterocycles. The molecule has 1 aromatic rings. The summed E-state index contributed by atoms with van der Waals surface area (Å²) in [5.74, 6) is 0.783. The van der Waals surface area contributed by atoms with Gasteiger partial charge in [0.25, 0.3) is 6.43 Å². The van der Waals surface area contributed by atoms with Crippen LogP contribution in [0.1, 0.15) is 12.6 Å². The molecule has 0 amide bonds. The fourth-order valence-corrected chi connectivity index (χ4v) is 1.42. The molecule has 3 nitrogen and oxygen atoms in total. The molecule has 0 radical (unpaired) electrons. The first-order chi connectivity index (χ1) is 7.61. The Morgan fingerprint density at radius 2 is 2.19 bits per heavy atom. The summed E-state index contributed by atoms with van der Waals surface area (Å²) < 4.78 is 24.2. The van der Waals surface area contributed by atoms with Crippen LogP contribution in [0.25, 0.3) is 0 Å². The van der Waals surface area contributed by atoms with Crippen LogP contribution >= 0.6 is 0 Å². The second kappa shape index (κ2) is 6.37. The summed E-state index contributed by atoms with van der Waals surface area (Å²) in [5.41, 5.74) is 0.793. The molecule has 90 valence electrons. The average Bonchev–Trinajstić information content (AvgIpc) is 2.17. The second-order valence-electron chi connectivity index (χ2n) is 3.63. The lowest BCUT2D eigenvalue weighted by atomic mass is 10.3. The number of halogens is 2. The molecule has 1 N–H and O–H groups in total. The van der Waals surface area contributed by atoms with Gasteiger partial charge in [0, 0.05) is 13.1 Å². The predicted octanol–water partition coefficient (Wildman–Crippen LogP) is 2.21.